The molecule has 4 heteroatoms. The quantitative estimate of drug-likeness (QED) is 0.931. The molecular formula is C13H15BrN2S. The second kappa shape index (κ2) is 5.76. The summed E-state index contributed by atoms with van der Waals surface area (Å²) in [5.74, 6) is 0. The molecule has 2 aromatic rings. The molecule has 0 radical (unpaired) electrons. The highest BCUT2D eigenvalue weighted by molar-refractivity contribution is 9.10. The molecule has 0 amide bonds. The van der Waals surface area contributed by atoms with E-state index in [1.807, 2.05) is 18.2 Å². The van der Waals surface area contributed by atoms with Gasteiger partial charge in [-0.1, -0.05) is 41.1 Å². The topological polar surface area (TPSA) is 38.9 Å². The minimum absolute atomic E-state index is 0.216. The van der Waals surface area contributed by atoms with Crippen LogP contribution < -0.4 is 5.73 Å². The largest absolute Gasteiger partial charge is 0.327 e. The van der Waals surface area contributed by atoms with Gasteiger partial charge in [0.1, 0.15) is 0 Å². The van der Waals surface area contributed by atoms with Crippen molar-refractivity contribution in [3.8, 4) is 11.3 Å². The SMILES string of the molecule is CCC(N)Cc1nc(-c2ccccc2Br)cs1. The first-order valence-corrected chi connectivity index (χ1v) is 7.33. The summed E-state index contributed by atoms with van der Waals surface area (Å²) in [6, 6.07) is 8.35. The van der Waals surface area contributed by atoms with Crippen molar-refractivity contribution in [2.45, 2.75) is 25.8 Å². The Morgan fingerprint density at radius 2 is 2.18 bits per heavy atom. The molecule has 90 valence electrons. The van der Waals surface area contributed by atoms with Crippen LogP contribution in [0.4, 0.5) is 0 Å². The number of rotatable bonds is 4. The van der Waals surface area contributed by atoms with Crippen molar-refractivity contribution in [2.24, 2.45) is 5.73 Å². The van der Waals surface area contributed by atoms with Crippen molar-refractivity contribution in [2.75, 3.05) is 0 Å². The van der Waals surface area contributed by atoms with Crippen molar-refractivity contribution in [3.05, 3.63) is 39.1 Å². The lowest BCUT2D eigenvalue weighted by Crippen LogP contribution is -2.21. The van der Waals surface area contributed by atoms with Crippen LogP contribution in [-0.2, 0) is 6.42 Å². The van der Waals surface area contributed by atoms with Crippen LogP contribution in [0.3, 0.4) is 0 Å². The zero-order valence-corrected chi connectivity index (χ0v) is 12.1. The molecule has 1 aromatic carbocycles. The Labute approximate surface area is 114 Å². The normalized spacial score (nSPS) is 12.6. The summed E-state index contributed by atoms with van der Waals surface area (Å²) in [7, 11) is 0. The van der Waals surface area contributed by atoms with E-state index in [1.54, 1.807) is 11.3 Å². The third kappa shape index (κ3) is 3.15. The fraction of sp³-hybridized carbons (Fsp3) is 0.308. The monoisotopic (exact) mass is 310 g/mol. The van der Waals surface area contributed by atoms with Gasteiger partial charge in [-0.05, 0) is 12.5 Å². The van der Waals surface area contributed by atoms with E-state index in [9.17, 15) is 0 Å². The molecule has 2 nitrogen and oxygen atoms in total. The van der Waals surface area contributed by atoms with E-state index in [2.05, 4.69) is 39.3 Å². The Bertz CT molecular complexity index is 496. The maximum Gasteiger partial charge on any atom is 0.0948 e. The summed E-state index contributed by atoms with van der Waals surface area (Å²) < 4.78 is 1.08. The highest BCUT2D eigenvalue weighted by Crippen LogP contribution is 2.29. The van der Waals surface area contributed by atoms with Gasteiger partial charge in [0.15, 0.2) is 0 Å². The van der Waals surface area contributed by atoms with Crippen molar-refractivity contribution < 1.29 is 0 Å². The van der Waals surface area contributed by atoms with Gasteiger partial charge in [-0.2, -0.15) is 0 Å². The predicted molar refractivity (Wildman–Crippen MR) is 77.2 cm³/mol. The third-order valence-electron chi connectivity index (χ3n) is 2.66. The Morgan fingerprint density at radius 1 is 1.41 bits per heavy atom. The van der Waals surface area contributed by atoms with Crippen LogP contribution in [0.5, 0.6) is 0 Å². The first-order valence-electron chi connectivity index (χ1n) is 5.65. The van der Waals surface area contributed by atoms with Gasteiger partial charge >= 0.3 is 0 Å². The molecule has 1 heterocycles. The second-order valence-electron chi connectivity index (χ2n) is 3.98. The van der Waals surface area contributed by atoms with Crippen LogP contribution in [-0.4, -0.2) is 11.0 Å². The molecule has 2 N–H and O–H groups in total. The first-order chi connectivity index (χ1) is 8.20. The molecular weight excluding hydrogens is 296 g/mol. The highest BCUT2D eigenvalue weighted by atomic mass is 79.9. The summed E-state index contributed by atoms with van der Waals surface area (Å²) in [5.41, 5.74) is 8.11. The number of nitrogens with zero attached hydrogens (tertiary/aromatic N) is 1. The molecule has 2 rings (SSSR count). The zero-order valence-electron chi connectivity index (χ0n) is 9.69. The van der Waals surface area contributed by atoms with Crippen LogP contribution in [0.1, 0.15) is 18.4 Å². The van der Waals surface area contributed by atoms with Gasteiger partial charge in [0.05, 0.1) is 10.7 Å². The van der Waals surface area contributed by atoms with Crippen LogP contribution in [0.2, 0.25) is 0 Å². The Kier molecular flexibility index (Phi) is 4.31. The van der Waals surface area contributed by atoms with E-state index in [1.165, 1.54) is 0 Å². The minimum atomic E-state index is 0.216. The van der Waals surface area contributed by atoms with Gasteiger partial charge < -0.3 is 5.73 Å². The lowest BCUT2D eigenvalue weighted by Gasteiger charge is -2.04. The molecule has 1 aromatic heterocycles. The summed E-state index contributed by atoms with van der Waals surface area (Å²) >= 11 is 5.23. The Morgan fingerprint density at radius 3 is 2.88 bits per heavy atom. The standard InChI is InChI=1S/C13H15BrN2S/c1-2-9(15)7-13-16-12(8-17-13)10-5-3-4-6-11(10)14/h3-6,8-9H,2,7,15H2,1H3. The van der Waals surface area contributed by atoms with Crippen LogP contribution in [0.25, 0.3) is 11.3 Å². The van der Waals surface area contributed by atoms with Gasteiger partial charge in [0.25, 0.3) is 0 Å². The maximum atomic E-state index is 5.94. The lowest BCUT2D eigenvalue weighted by molar-refractivity contribution is 0.644. The number of aromatic nitrogens is 1. The molecule has 0 aliphatic carbocycles. The maximum absolute atomic E-state index is 5.94. The van der Waals surface area contributed by atoms with Crippen LogP contribution >= 0.6 is 27.3 Å². The lowest BCUT2D eigenvalue weighted by atomic mass is 10.1. The van der Waals surface area contributed by atoms with Gasteiger partial charge in [-0.3, -0.25) is 0 Å². The molecule has 0 aliphatic heterocycles. The van der Waals surface area contributed by atoms with Gasteiger partial charge in [-0.25, -0.2) is 4.98 Å². The summed E-state index contributed by atoms with van der Waals surface area (Å²) in [6.45, 7) is 2.10. The fourth-order valence-electron chi connectivity index (χ4n) is 1.57. The predicted octanol–water partition coefficient (Wildman–Crippen LogP) is 3.85. The molecule has 1 atom stereocenters. The molecule has 0 bridgehead atoms. The molecule has 1 unspecified atom stereocenters. The van der Waals surface area contributed by atoms with Crippen molar-refractivity contribution >= 4 is 27.3 Å². The molecule has 17 heavy (non-hydrogen) atoms. The van der Waals surface area contributed by atoms with Crippen molar-refractivity contribution in [1.29, 1.82) is 0 Å². The van der Waals surface area contributed by atoms with E-state index < -0.39 is 0 Å². The average Bonchev–Trinajstić information content (AvgIpc) is 2.78. The summed E-state index contributed by atoms with van der Waals surface area (Å²) in [6.07, 6.45) is 1.86. The zero-order chi connectivity index (χ0) is 12.3. The fourth-order valence-corrected chi connectivity index (χ4v) is 2.94. The number of hydrogen-bond acceptors (Lipinski definition) is 3. The highest BCUT2D eigenvalue weighted by Gasteiger charge is 2.09. The van der Waals surface area contributed by atoms with Crippen LogP contribution in [0.15, 0.2) is 34.1 Å². The van der Waals surface area contributed by atoms with Gasteiger partial charge in [0, 0.05) is 27.9 Å². The number of benzene rings is 1. The smallest absolute Gasteiger partial charge is 0.0948 e. The number of halogens is 1. The van der Waals surface area contributed by atoms with E-state index in [4.69, 9.17) is 5.73 Å². The van der Waals surface area contributed by atoms with Crippen molar-refractivity contribution in [1.82, 2.24) is 4.98 Å². The van der Waals surface area contributed by atoms with Crippen LogP contribution in [0, 0.1) is 0 Å². The second-order valence-corrected chi connectivity index (χ2v) is 5.78. The Balaban J connectivity index is 2.21. The average molecular weight is 311 g/mol. The Hall–Kier alpha value is -0.710. The van der Waals surface area contributed by atoms with Crippen molar-refractivity contribution in [3.63, 3.8) is 0 Å². The van der Waals surface area contributed by atoms with Gasteiger partial charge in [-0.15, -0.1) is 11.3 Å². The number of thiazole rings is 1. The third-order valence-corrected chi connectivity index (χ3v) is 4.23. The molecule has 0 spiro atoms. The van der Waals surface area contributed by atoms with E-state index in [0.717, 1.165) is 33.6 Å². The summed E-state index contributed by atoms with van der Waals surface area (Å²) in [4.78, 5) is 4.64. The molecule has 0 aliphatic rings. The van der Waals surface area contributed by atoms with E-state index in [-0.39, 0.29) is 6.04 Å². The number of nitrogens with two attached hydrogens (primary N) is 1. The minimum Gasteiger partial charge on any atom is -0.327 e. The molecule has 0 fully saturated rings. The van der Waals surface area contributed by atoms with E-state index in [0.29, 0.717) is 0 Å². The molecule has 0 saturated carbocycles. The number of hydrogen-bond donors (Lipinski definition) is 1. The van der Waals surface area contributed by atoms with E-state index >= 15 is 0 Å². The summed E-state index contributed by atoms with van der Waals surface area (Å²) in [5, 5.41) is 3.21. The first kappa shape index (κ1) is 12.7. The van der Waals surface area contributed by atoms with Gasteiger partial charge in [0.2, 0.25) is 0 Å². The molecule has 0 saturated heterocycles.